The minimum atomic E-state index is -0.924. The second-order valence-electron chi connectivity index (χ2n) is 4.07. The second kappa shape index (κ2) is 7.46. The van der Waals surface area contributed by atoms with Crippen molar-refractivity contribution in [1.82, 2.24) is 5.32 Å². The van der Waals surface area contributed by atoms with E-state index < -0.39 is 11.6 Å². The number of carbonyl (C=O) groups is 1. The lowest BCUT2D eigenvalue weighted by molar-refractivity contribution is -0.120. The van der Waals surface area contributed by atoms with Gasteiger partial charge in [-0.25, -0.2) is 8.78 Å². The third-order valence-electron chi connectivity index (χ3n) is 2.57. The molecule has 1 unspecified atom stereocenters. The predicted octanol–water partition coefficient (Wildman–Crippen LogP) is 3.19. The minimum absolute atomic E-state index is 0.0658. The fourth-order valence-electron chi connectivity index (χ4n) is 1.47. The Hall–Kier alpha value is -0.970. The highest BCUT2D eigenvalue weighted by atomic mass is 79.9. The average molecular weight is 320 g/mol. The summed E-state index contributed by atoms with van der Waals surface area (Å²) in [5.41, 5.74) is 0.470. The lowest BCUT2D eigenvalue weighted by Crippen LogP contribution is -2.27. The van der Waals surface area contributed by atoms with E-state index in [0.717, 1.165) is 25.0 Å². The van der Waals surface area contributed by atoms with Gasteiger partial charge in [-0.15, -0.1) is 0 Å². The number of alkyl halides is 1. The van der Waals surface area contributed by atoms with E-state index >= 15 is 0 Å². The van der Waals surface area contributed by atoms with E-state index in [4.69, 9.17) is 0 Å². The first kappa shape index (κ1) is 15.1. The number of halogens is 3. The summed E-state index contributed by atoms with van der Waals surface area (Å²) in [7, 11) is 0. The number of rotatable bonds is 6. The Bertz CT molecular complexity index is 412. The van der Waals surface area contributed by atoms with Crippen LogP contribution in [0.4, 0.5) is 8.78 Å². The summed E-state index contributed by atoms with van der Waals surface area (Å²) in [5, 5.41) is 2.75. The molecule has 0 radical (unpaired) electrons. The summed E-state index contributed by atoms with van der Waals surface area (Å²) in [5.74, 6) is -2.01. The predicted molar refractivity (Wildman–Crippen MR) is 70.7 cm³/mol. The molecule has 1 amide bonds. The molecule has 0 bridgehead atoms. The Balaban J connectivity index is 2.38. The van der Waals surface area contributed by atoms with Crippen LogP contribution < -0.4 is 5.32 Å². The number of amides is 1. The molecule has 1 aromatic carbocycles. The van der Waals surface area contributed by atoms with Crippen LogP contribution >= 0.6 is 15.9 Å². The van der Waals surface area contributed by atoms with E-state index in [2.05, 4.69) is 28.2 Å². The molecule has 0 aliphatic carbocycles. The van der Waals surface area contributed by atoms with Crippen molar-refractivity contribution < 1.29 is 13.6 Å². The van der Waals surface area contributed by atoms with Crippen molar-refractivity contribution in [2.24, 2.45) is 0 Å². The molecular weight excluding hydrogens is 304 g/mol. The zero-order valence-corrected chi connectivity index (χ0v) is 11.8. The molecule has 0 fully saturated rings. The van der Waals surface area contributed by atoms with Gasteiger partial charge in [0.1, 0.15) is 0 Å². The first-order valence-corrected chi connectivity index (χ1v) is 6.79. The first-order chi connectivity index (χ1) is 8.52. The maximum absolute atomic E-state index is 12.9. The lowest BCUT2D eigenvalue weighted by Gasteiger charge is -2.08. The van der Waals surface area contributed by atoms with Crippen LogP contribution in [0.3, 0.4) is 0 Å². The molecule has 100 valence electrons. The SMILES string of the molecule is CCC(Br)CCNC(=O)Cc1ccc(F)c(F)c1. The highest BCUT2D eigenvalue weighted by molar-refractivity contribution is 9.09. The van der Waals surface area contributed by atoms with Crippen molar-refractivity contribution in [2.45, 2.75) is 31.0 Å². The Morgan fingerprint density at radius 1 is 1.39 bits per heavy atom. The van der Waals surface area contributed by atoms with Crippen LogP contribution in [0.25, 0.3) is 0 Å². The van der Waals surface area contributed by atoms with Crippen LogP contribution in [0.5, 0.6) is 0 Å². The van der Waals surface area contributed by atoms with E-state index in [1.54, 1.807) is 0 Å². The Labute approximate surface area is 114 Å². The molecular formula is C13H16BrF2NO. The smallest absolute Gasteiger partial charge is 0.224 e. The minimum Gasteiger partial charge on any atom is -0.356 e. The van der Waals surface area contributed by atoms with E-state index in [1.165, 1.54) is 6.07 Å². The molecule has 1 atom stereocenters. The Kier molecular flexibility index (Phi) is 6.25. The molecule has 0 saturated heterocycles. The molecule has 2 nitrogen and oxygen atoms in total. The highest BCUT2D eigenvalue weighted by Crippen LogP contribution is 2.10. The van der Waals surface area contributed by atoms with Gasteiger partial charge in [-0.1, -0.05) is 28.9 Å². The third kappa shape index (κ3) is 5.12. The zero-order valence-electron chi connectivity index (χ0n) is 10.2. The third-order valence-corrected chi connectivity index (χ3v) is 3.68. The van der Waals surface area contributed by atoms with Gasteiger partial charge in [-0.2, -0.15) is 0 Å². The Morgan fingerprint density at radius 3 is 2.72 bits per heavy atom. The fraction of sp³-hybridized carbons (Fsp3) is 0.462. The van der Waals surface area contributed by atoms with Gasteiger partial charge in [0.05, 0.1) is 6.42 Å². The van der Waals surface area contributed by atoms with Crippen LogP contribution in [-0.2, 0) is 11.2 Å². The Morgan fingerprint density at radius 2 is 2.11 bits per heavy atom. The number of nitrogens with one attached hydrogen (secondary N) is 1. The van der Waals surface area contributed by atoms with E-state index in [-0.39, 0.29) is 12.3 Å². The number of carbonyl (C=O) groups excluding carboxylic acids is 1. The summed E-state index contributed by atoms with van der Waals surface area (Å²) in [4.78, 5) is 11.9. The standard InChI is InChI=1S/C13H16BrF2NO/c1-2-10(14)5-6-17-13(18)8-9-3-4-11(15)12(16)7-9/h3-4,7,10H,2,5-6,8H2,1H3,(H,17,18). The van der Waals surface area contributed by atoms with Gasteiger partial charge in [0.2, 0.25) is 5.91 Å². The van der Waals surface area contributed by atoms with Gasteiger partial charge in [-0.05, 0) is 30.5 Å². The molecule has 18 heavy (non-hydrogen) atoms. The topological polar surface area (TPSA) is 29.1 Å². The van der Waals surface area contributed by atoms with Crippen molar-refractivity contribution in [3.8, 4) is 0 Å². The largest absolute Gasteiger partial charge is 0.356 e. The summed E-state index contributed by atoms with van der Waals surface area (Å²) in [6, 6.07) is 3.50. The molecule has 0 aliphatic heterocycles. The summed E-state index contributed by atoms with van der Waals surface area (Å²) < 4.78 is 25.6. The quantitative estimate of drug-likeness (QED) is 0.802. The van der Waals surface area contributed by atoms with Gasteiger partial charge in [0.15, 0.2) is 11.6 Å². The molecule has 5 heteroatoms. The summed E-state index contributed by atoms with van der Waals surface area (Å²) in [6.07, 6.45) is 1.91. The van der Waals surface area contributed by atoms with Crippen molar-refractivity contribution >= 4 is 21.8 Å². The van der Waals surface area contributed by atoms with Crippen LogP contribution in [0.1, 0.15) is 25.3 Å². The van der Waals surface area contributed by atoms with Gasteiger partial charge in [-0.3, -0.25) is 4.79 Å². The molecule has 0 aliphatic rings. The highest BCUT2D eigenvalue weighted by Gasteiger charge is 2.07. The molecule has 0 aromatic heterocycles. The van der Waals surface area contributed by atoms with Crippen LogP contribution in [-0.4, -0.2) is 17.3 Å². The van der Waals surface area contributed by atoms with Crippen LogP contribution in [0.15, 0.2) is 18.2 Å². The van der Waals surface area contributed by atoms with Crippen molar-refractivity contribution in [3.63, 3.8) is 0 Å². The molecule has 1 N–H and O–H groups in total. The fourth-order valence-corrected chi connectivity index (χ4v) is 1.70. The maximum Gasteiger partial charge on any atom is 0.224 e. The first-order valence-electron chi connectivity index (χ1n) is 5.87. The monoisotopic (exact) mass is 319 g/mol. The maximum atomic E-state index is 12.9. The van der Waals surface area contributed by atoms with Crippen molar-refractivity contribution in [1.29, 1.82) is 0 Å². The number of hydrogen-bond acceptors (Lipinski definition) is 1. The average Bonchev–Trinajstić information content (AvgIpc) is 2.33. The van der Waals surface area contributed by atoms with Gasteiger partial charge in [0, 0.05) is 11.4 Å². The molecule has 0 heterocycles. The number of hydrogen-bond donors (Lipinski definition) is 1. The van der Waals surface area contributed by atoms with Crippen LogP contribution in [0, 0.1) is 11.6 Å². The zero-order chi connectivity index (χ0) is 13.5. The van der Waals surface area contributed by atoms with E-state index in [0.29, 0.717) is 16.9 Å². The number of benzene rings is 1. The molecule has 0 saturated carbocycles. The van der Waals surface area contributed by atoms with E-state index in [9.17, 15) is 13.6 Å². The van der Waals surface area contributed by atoms with Gasteiger partial charge >= 0.3 is 0 Å². The second-order valence-corrected chi connectivity index (χ2v) is 5.36. The molecule has 1 aromatic rings. The molecule has 0 spiro atoms. The van der Waals surface area contributed by atoms with Gasteiger partial charge < -0.3 is 5.32 Å². The summed E-state index contributed by atoms with van der Waals surface area (Å²) >= 11 is 3.47. The lowest BCUT2D eigenvalue weighted by atomic mass is 10.1. The normalized spacial score (nSPS) is 12.2. The van der Waals surface area contributed by atoms with E-state index in [1.807, 2.05) is 0 Å². The van der Waals surface area contributed by atoms with Crippen molar-refractivity contribution in [2.75, 3.05) is 6.54 Å². The van der Waals surface area contributed by atoms with Crippen LogP contribution in [0.2, 0.25) is 0 Å². The van der Waals surface area contributed by atoms with Gasteiger partial charge in [0.25, 0.3) is 0 Å². The van der Waals surface area contributed by atoms with Crippen molar-refractivity contribution in [3.05, 3.63) is 35.4 Å². The summed E-state index contributed by atoms with van der Waals surface area (Å²) in [6.45, 7) is 2.63. The molecule has 1 rings (SSSR count).